The average molecular weight is 385 g/mol. The third kappa shape index (κ3) is 4.81. The van der Waals surface area contributed by atoms with Crippen molar-refractivity contribution in [1.82, 2.24) is 0 Å². The molecule has 0 bridgehead atoms. The maximum atomic E-state index is 14.5. The maximum Gasteiger partial charge on any atom is 0.201 e. The summed E-state index contributed by atoms with van der Waals surface area (Å²) in [5, 5.41) is 0. The highest BCUT2D eigenvalue weighted by atomic mass is 19.2. The van der Waals surface area contributed by atoms with Gasteiger partial charge in [0.2, 0.25) is 5.82 Å². The zero-order valence-corrected chi connectivity index (χ0v) is 16.7. The summed E-state index contributed by atoms with van der Waals surface area (Å²) in [6.45, 7) is 5.91. The second-order valence-corrected chi connectivity index (χ2v) is 7.82. The van der Waals surface area contributed by atoms with Crippen molar-refractivity contribution in [3.63, 3.8) is 0 Å². The maximum absolute atomic E-state index is 14.5. The number of halogens is 2. The molecule has 150 valence electrons. The normalized spacial score (nSPS) is 19.4. The summed E-state index contributed by atoms with van der Waals surface area (Å²) < 4.78 is 33.9. The van der Waals surface area contributed by atoms with Crippen LogP contribution in [0.5, 0.6) is 5.75 Å². The molecule has 0 heterocycles. The van der Waals surface area contributed by atoms with E-state index >= 15 is 0 Å². The summed E-state index contributed by atoms with van der Waals surface area (Å²) in [6, 6.07) is 11.0. The van der Waals surface area contributed by atoms with E-state index in [4.69, 9.17) is 4.74 Å². The summed E-state index contributed by atoms with van der Waals surface area (Å²) in [7, 11) is 0. The minimum Gasteiger partial charge on any atom is -0.486 e. The van der Waals surface area contributed by atoms with E-state index in [1.54, 1.807) is 6.07 Å². The molecular formula is C25H30F2O. The van der Waals surface area contributed by atoms with Crippen LogP contribution in [0.15, 0.2) is 49.1 Å². The van der Waals surface area contributed by atoms with Crippen LogP contribution in [0.3, 0.4) is 0 Å². The fraction of sp³-hybridized carbons (Fsp3) is 0.440. The van der Waals surface area contributed by atoms with Crippen molar-refractivity contribution in [2.75, 3.05) is 6.61 Å². The molecule has 3 rings (SSSR count). The van der Waals surface area contributed by atoms with E-state index < -0.39 is 11.6 Å². The minimum atomic E-state index is -0.950. The van der Waals surface area contributed by atoms with E-state index in [1.165, 1.54) is 62.7 Å². The van der Waals surface area contributed by atoms with Gasteiger partial charge in [-0.25, -0.2) is 4.39 Å². The summed E-state index contributed by atoms with van der Waals surface area (Å²) in [4.78, 5) is 0. The average Bonchev–Trinajstić information content (AvgIpc) is 2.74. The Hall–Kier alpha value is -2.16. The Balaban J connectivity index is 1.68. The van der Waals surface area contributed by atoms with E-state index in [9.17, 15) is 8.78 Å². The number of unbranched alkanes of at least 4 members (excludes halogenated alkanes) is 1. The van der Waals surface area contributed by atoms with Crippen LogP contribution in [0.2, 0.25) is 0 Å². The van der Waals surface area contributed by atoms with Crippen LogP contribution < -0.4 is 4.74 Å². The van der Waals surface area contributed by atoms with Gasteiger partial charge in [0.1, 0.15) is 6.61 Å². The van der Waals surface area contributed by atoms with Crippen molar-refractivity contribution in [1.29, 1.82) is 0 Å². The van der Waals surface area contributed by atoms with Crippen molar-refractivity contribution >= 4 is 0 Å². The molecular weight excluding hydrogens is 354 g/mol. The smallest absolute Gasteiger partial charge is 0.201 e. The van der Waals surface area contributed by atoms with E-state index in [2.05, 4.69) is 25.6 Å². The standard InChI is InChI=1S/C25H30F2O/c1-3-5-6-18-7-9-19(10-8-18)20-11-13-21(14-12-20)22-15-16-23(28-17-4-2)25(27)24(22)26/h4,11-16,18-19H,2-3,5-10,17H2,1H3. The fourth-order valence-electron chi connectivity index (χ4n) is 4.23. The zero-order chi connectivity index (χ0) is 19.9. The summed E-state index contributed by atoms with van der Waals surface area (Å²) in [6.07, 6.45) is 10.5. The van der Waals surface area contributed by atoms with Gasteiger partial charge in [0.15, 0.2) is 11.6 Å². The number of rotatable bonds is 8. The van der Waals surface area contributed by atoms with Gasteiger partial charge >= 0.3 is 0 Å². The van der Waals surface area contributed by atoms with E-state index in [0.29, 0.717) is 11.5 Å². The molecule has 0 unspecified atom stereocenters. The molecule has 1 aliphatic rings. The highest BCUT2D eigenvalue weighted by Crippen LogP contribution is 2.38. The van der Waals surface area contributed by atoms with Crippen LogP contribution in [-0.2, 0) is 0 Å². The monoisotopic (exact) mass is 384 g/mol. The van der Waals surface area contributed by atoms with E-state index in [0.717, 1.165) is 5.92 Å². The first-order chi connectivity index (χ1) is 13.6. The zero-order valence-electron chi connectivity index (χ0n) is 16.7. The lowest BCUT2D eigenvalue weighted by Gasteiger charge is -2.29. The molecule has 0 aromatic heterocycles. The molecule has 0 amide bonds. The van der Waals surface area contributed by atoms with Crippen molar-refractivity contribution in [3.05, 3.63) is 66.3 Å². The SMILES string of the molecule is C=CCOc1ccc(-c2ccc(C3CCC(CCCC)CC3)cc2)c(F)c1F. The van der Waals surface area contributed by atoms with Crippen LogP contribution in [0.25, 0.3) is 11.1 Å². The molecule has 0 atom stereocenters. The number of benzene rings is 2. The molecule has 1 fully saturated rings. The van der Waals surface area contributed by atoms with Crippen molar-refractivity contribution in [2.45, 2.75) is 57.8 Å². The lowest BCUT2D eigenvalue weighted by Crippen LogP contribution is -2.13. The molecule has 3 heteroatoms. The predicted molar refractivity (Wildman–Crippen MR) is 112 cm³/mol. The number of hydrogen-bond acceptors (Lipinski definition) is 1. The van der Waals surface area contributed by atoms with Crippen molar-refractivity contribution < 1.29 is 13.5 Å². The van der Waals surface area contributed by atoms with Gasteiger partial charge in [-0.3, -0.25) is 0 Å². The molecule has 1 nitrogen and oxygen atoms in total. The van der Waals surface area contributed by atoms with Crippen LogP contribution in [0.4, 0.5) is 8.78 Å². The fourth-order valence-corrected chi connectivity index (χ4v) is 4.23. The van der Waals surface area contributed by atoms with Crippen LogP contribution in [-0.4, -0.2) is 6.61 Å². The third-order valence-corrected chi connectivity index (χ3v) is 5.91. The highest BCUT2D eigenvalue weighted by Gasteiger charge is 2.22. The lowest BCUT2D eigenvalue weighted by atomic mass is 9.77. The largest absolute Gasteiger partial charge is 0.486 e. The second-order valence-electron chi connectivity index (χ2n) is 7.82. The van der Waals surface area contributed by atoms with Gasteiger partial charge < -0.3 is 4.74 Å². The van der Waals surface area contributed by atoms with Crippen LogP contribution >= 0.6 is 0 Å². The molecule has 2 aromatic rings. The molecule has 0 spiro atoms. The summed E-state index contributed by atoms with van der Waals surface area (Å²) in [5.41, 5.74) is 2.26. The molecule has 0 N–H and O–H groups in total. The van der Waals surface area contributed by atoms with Gasteiger partial charge in [-0.15, -0.1) is 0 Å². The summed E-state index contributed by atoms with van der Waals surface area (Å²) >= 11 is 0. The number of hydrogen-bond donors (Lipinski definition) is 0. The van der Waals surface area contributed by atoms with Gasteiger partial charge in [-0.2, -0.15) is 4.39 Å². The molecule has 1 saturated carbocycles. The molecule has 0 aliphatic heterocycles. The van der Waals surface area contributed by atoms with Gasteiger partial charge in [-0.05, 0) is 60.8 Å². The van der Waals surface area contributed by atoms with E-state index in [1.807, 2.05) is 12.1 Å². The lowest BCUT2D eigenvalue weighted by molar-refractivity contribution is 0.304. The molecule has 28 heavy (non-hydrogen) atoms. The van der Waals surface area contributed by atoms with Gasteiger partial charge in [0, 0.05) is 5.56 Å². The Morgan fingerprint density at radius 1 is 1.00 bits per heavy atom. The Kier molecular flexibility index (Phi) is 7.24. The first-order valence-corrected chi connectivity index (χ1v) is 10.5. The Morgan fingerprint density at radius 3 is 2.36 bits per heavy atom. The molecule has 0 radical (unpaired) electrons. The molecule has 1 aliphatic carbocycles. The predicted octanol–water partition coefficient (Wildman–Crippen LogP) is 7.66. The Bertz CT molecular complexity index is 774. The van der Waals surface area contributed by atoms with Gasteiger partial charge in [0.25, 0.3) is 0 Å². The van der Waals surface area contributed by atoms with Crippen LogP contribution in [0.1, 0.15) is 63.4 Å². The van der Waals surface area contributed by atoms with Gasteiger partial charge in [-0.1, -0.05) is 63.1 Å². The highest BCUT2D eigenvalue weighted by molar-refractivity contribution is 5.65. The third-order valence-electron chi connectivity index (χ3n) is 5.91. The molecule has 0 saturated heterocycles. The number of ether oxygens (including phenoxy) is 1. The second kappa shape index (κ2) is 9.86. The Morgan fingerprint density at radius 2 is 1.71 bits per heavy atom. The van der Waals surface area contributed by atoms with E-state index in [-0.39, 0.29) is 17.9 Å². The quantitative estimate of drug-likeness (QED) is 0.424. The van der Waals surface area contributed by atoms with Gasteiger partial charge in [0.05, 0.1) is 0 Å². The summed E-state index contributed by atoms with van der Waals surface area (Å²) in [5.74, 6) is -0.435. The molecule has 2 aromatic carbocycles. The minimum absolute atomic E-state index is 0.0856. The van der Waals surface area contributed by atoms with Crippen molar-refractivity contribution in [3.8, 4) is 16.9 Å². The Labute approximate surface area is 167 Å². The topological polar surface area (TPSA) is 9.23 Å². The first kappa shape index (κ1) is 20.6. The first-order valence-electron chi connectivity index (χ1n) is 10.5. The van der Waals surface area contributed by atoms with Crippen LogP contribution in [0, 0.1) is 17.6 Å². The van der Waals surface area contributed by atoms with Crippen molar-refractivity contribution in [2.24, 2.45) is 5.92 Å².